The molecule has 7 heteroatoms. The average molecular weight is 287 g/mol. The van der Waals surface area contributed by atoms with Crippen molar-refractivity contribution in [2.75, 3.05) is 11.1 Å². The van der Waals surface area contributed by atoms with E-state index in [4.69, 9.17) is 28.9 Å². The predicted octanol–water partition coefficient (Wildman–Crippen LogP) is 4.33. The minimum absolute atomic E-state index is 0.238. The number of nitrogens with two attached hydrogens (primary N) is 1. The van der Waals surface area contributed by atoms with E-state index in [9.17, 15) is 13.2 Å². The van der Waals surface area contributed by atoms with E-state index in [1.807, 2.05) is 0 Å². The second kappa shape index (κ2) is 5.23. The second-order valence-electron chi connectivity index (χ2n) is 3.72. The Balaban J connectivity index is 2.78. The van der Waals surface area contributed by atoms with E-state index >= 15 is 0 Å². The van der Waals surface area contributed by atoms with Crippen LogP contribution in [0.5, 0.6) is 0 Å². The number of rotatable bonds is 3. The normalized spacial score (nSPS) is 13.5. The summed E-state index contributed by atoms with van der Waals surface area (Å²) in [6, 6.07) is 2.01. The maximum Gasteiger partial charge on any atom is 0.391 e. The Bertz CT molecular complexity index is 407. The molecule has 0 spiro atoms. The SMILES string of the molecule is CC(CC(F)(F)F)Nc1cc(Cl)c(Cl)cc1N. The lowest BCUT2D eigenvalue weighted by Crippen LogP contribution is -2.24. The summed E-state index contributed by atoms with van der Waals surface area (Å²) < 4.78 is 36.4. The Kier molecular flexibility index (Phi) is 4.38. The first-order valence-corrected chi connectivity index (χ1v) is 5.52. The van der Waals surface area contributed by atoms with Crippen molar-refractivity contribution in [2.24, 2.45) is 0 Å². The highest BCUT2D eigenvalue weighted by molar-refractivity contribution is 6.42. The van der Waals surface area contributed by atoms with Crippen LogP contribution in [0.4, 0.5) is 24.5 Å². The fourth-order valence-corrected chi connectivity index (χ4v) is 1.69. The molecule has 96 valence electrons. The topological polar surface area (TPSA) is 38.0 Å². The van der Waals surface area contributed by atoms with Crippen LogP contribution in [0.15, 0.2) is 12.1 Å². The van der Waals surface area contributed by atoms with E-state index in [2.05, 4.69) is 5.32 Å². The van der Waals surface area contributed by atoms with Gasteiger partial charge in [-0.3, -0.25) is 0 Å². The lowest BCUT2D eigenvalue weighted by Gasteiger charge is -2.18. The van der Waals surface area contributed by atoms with Crippen LogP contribution >= 0.6 is 23.2 Å². The first-order chi connectivity index (χ1) is 7.69. The van der Waals surface area contributed by atoms with Crippen LogP contribution in [0, 0.1) is 0 Å². The minimum atomic E-state index is -4.22. The van der Waals surface area contributed by atoms with Gasteiger partial charge in [0.05, 0.1) is 27.8 Å². The number of alkyl halides is 3. The van der Waals surface area contributed by atoms with Gasteiger partial charge in [0, 0.05) is 6.04 Å². The molecule has 0 aliphatic heterocycles. The third-order valence-corrected chi connectivity index (χ3v) is 2.75. The molecule has 0 aromatic heterocycles. The fourth-order valence-electron chi connectivity index (χ4n) is 1.35. The van der Waals surface area contributed by atoms with Crippen molar-refractivity contribution in [1.82, 2.24) is 0 Å². The summed E-state index contributed by atoms with van der Waals surface area (Å²) in [6.07, 6.45) is -5.18. The van der Waals surface area contributed by atoms with Crippen LogP contribution in [0.25, 0.3) is 0 Å². The number of halogens is 5. The molecule has 0 heterocycles. The number of hydrogen-bond acceptors (Lipinski definition) is 2. The Morgan fingerprint density at radius 2 is 1.82 bits per heavy atom. The van der Waals surface area contributed by atoms with Crippen LogP contribution in [0.1, 0.15) is 13.3 Å². The van der Waals surface area contributed by atoms with Crippen molar-refractivity contribution in [3.8, 4) is 0 Å². The molecular weight excluding hydrogens is 276 g/mol. The molecule has 0 aliphatic rings. The largest absolute Gasteiger partial charge is 0.397 e. The molecule has 0 radical (unpaired) electrons. The summed E-state index contributed by atoms with van der Waals surface area (Å²) in [5.41, 5.74) is 6.22. The van der Waals surface area contributed by atoms with Gasteiger partial charge in [-0.05, 0) is 19.1 Å². The van der Waals surface area contributed by atoms with E-state index in [0.29, 0.717) is 5.69 Å². The molecule has 1 aromatic rings. The quantitative estimate of drug-likeness (QED) is 0.812. The average Bonchev–Trinajstić information content (AvgIpc) is 2.11. The molecule has 0 bridgehead atoms. The zero-order valence-electron chi connectivity index (χ0n) is 8.91. The lowest BCUT2D eigenvalue weighted by molar-refractivity contribution is -0.136. The molecular formula is C10H11Cl2F3N2. The van der Waals surface area contributed by atoms with Gasteiger partial charge in [0.1, 0.15) is 0 Å². The van der Waals surface area contributed by atoms with Gasteiger partial charge in [-0.15, -0.1) is 0 Å². The lowest BCUT2D eigenvalue weighted by atomic mass is 10.2. The molecule has 0 amide bonds. The van der Waals surface area contributed by atoms with Gasteiger partial charge in [0.15, 0.2) is 0 Å². The first-order valence-electron chi connectivity index (χ1n) is 4.77. The maximum atomic E-state index is 12.1. The van der Waals surface area contributed by atoms with Gasteiger partial charge in [-0.2, -0.15) is 13.2 Å². The minimum Gasteiger partial charge on any atom is -0.397 e. The van der Waals surface area contributed by atoms with Gasteiger partial charge < -0.3 is 11.1 Å². The second-order valence-corrected chi connectivity index (χ2v) is 4.53. The maximum absolute atomic E-state index is 12.1. The van der Waals surface area contributed by atoms with Crippen LogP contribution in [-0.2, 0) is 0 Å². The summed E-state index contributed by atoms with van der Waals surface area (Å²) >= 11 is 11.5. The molecule has 2 nitrogen and oxygen atoms in total. The van der Waals surface area contributed by atoms with Crippen molar-refractivity contribution in [1.29, 1.82) is 0 Å². The van der Waals surface area contributed by atoms with Gasteiger partial charge in [-0.1, -0.05) is 23.2 Å². The molecule has 1 rings (SSSR count). The summed E-state index contributed by atoms with van der Waals surface area (Å²) in [5.74, 6) is 0. The van der Waals surface area contributed by atoms with E-state index in [1.54, 1.807) is 0 Å². The number of hydrogen-bond donors (Lipinski definition) is 2. The smallest absolute Gasteiger partial charge is 0.391 e. The van der Waals surface area contributed by atoms with Crippen molar-refractivity contribution in [2.45, 2.75) is 25.6 Å². The zero-order chi connectivity index (χ0) is 13.2. The Hall–Kier alpha value is -0.810. The third kappa shape index (κ3) is 4.52. The summed E-state index contributed by atoms with van der Waals surface area (Å²) in [4.78, 5) is 0. The van der Waals surface area contributed by atoms with E-state index in [1.165, 1.54) is 19.1 Å². The fraction of sp³-hybridized carbons (Fsp3) is 0.400. The number of nitrogen functional groups attached to an aromatic ring is 1. The molecule has 17 heavy (non-hydrogen) atoms. The first kappa shape index (κ1) is 14.3. The van der Waals surface area contributed by atoms with Gasteiger partial charge >= 0.3 is 6.18 Å². The number of benzene rings is 1. The highest BCUT2D eigenvalue weighted by Crippen LogP contribution is 2.32. The monoisotopic (exact) mass is 286 g/mol. The van der Waals surface area contributed by atoms with Gasteiger partial charge in [0.2, 0.25) is 0 Å². The summed E-state index contributed by atoms with van der Waals surface area (Å²) in [7, 11) is 0. The summed E-state index contributed by atoms with van der Waals surface area (Å²) in [5, 5.41) is 3.15. The summed E-state index contributed by atoms with van der Waals surface area (Å²) in [6.45, 7) is 1.41. The van der Waals surface area contributed by atoms with Crippen molar-refractivity contribution in [3.05, 3.63) is 22.2 Å². The van der Waals surface area contributed by atoms with Crippen LogP contribution < -0.4 is 11.1 Å². The van der Waals surface area contributed by atoms with E-state index in [-0.39, 0.29) is 15.7 Å². The molecule has 0 saturated carbocycles. The van der Waals surface area contributed by atoms with Crippen LogP contribution in [0.2, 0.25) is 10.0 Å². The highest BCUT2D eigenvalue weighted by atomic mass is 35.5. The zero-order valence-corrected chi connectivity index (χ0v) is 10.4. The Morgan fingerprint density at radius 1 is 1.29 bits per heavy atom. The highest BCUT2D eigenvalue weighted by Gasteiger charge is 2.30. The molecule has 1 aromatic carbocycles. The van der Waals surface area contributed by atoms with Crippen LogP contribution in [0.3, 0.4) is 0 Å². The predicted molar refractivity (Wildman–Crippen MR) is 64.6 cm³/mol. The van der Waals surface area contributed by atoms with Gasteiger partial charge in [0.25, 0.3) is 0 Å². The van der Waals surface area contributed by atoms with Crippen molar-refractivity contribution >= 4 is 34.6 Å². The van der Waals surface area contributed by atoms with E-state index < -0.39 is 18.6 Å². The molecule has 0 fully saturated rings. The number of nitrogens with one attached hydrogen (secondary N) is 1. The molecule has 3 N–H and O–H groups in total. The van der Waals surface area contributed by atoms with E-state index in [0.717, 1.165) is 0 Å². The molecule has 1 unspecified atom stereocenters. The van der Waals surface area contributed by atoms with Crippen LogP contribution in [-0.4, -0.2) is 12.2 Å². The Labute approximate surface area is 107 Å². The van der Waals surface area contributed by atoms with Crippen molar-refractivity contribution < 1.29 is 13.2 Å². The molecule has 0 aliphatic carbocycles. The number of anilines is 2. The Morgan fingerprint density at radius 3 is 2.35 bits per heavy atom. The van der Waals surface area contributed by atoms with Crippen molar-refractivity contribution in [3.63, 3.8) is 0 Å². The molecule has 0 saturated heterocycles. The van der Waals surface area contributed by atoms with Gasteiger partial charge in [-0.25, -0.2) is 0 Å². The standard InChI is InChI=1S/C10H11Cl2F3N2/c1-5(4-10(13,14)15)17-9-3-7(12)6(11)2-8(9)16/h2-3,5,17H,4,16H2,1H3. The third-order valence-electron chi connectivity index (χ3n) is 2.03. The molecule has 1 atom stereocenters.